The summed E-state index contributed by atoms with van der Waals surface area (Å²) in [6, 6.07) is 6.73. The lowest BCUT2D eigenvalue weighted by atomic mass is 9.98. The zero-order chi connectivity index (χ0) is 22.1. The van der Waals surface area contributed by atoms with E-state index < -0.39 is 0 Å². The molecule has 0 saturated carbocycles. The van der Waals surface area contributed by atoms with Gasteiger partial charge in [-0.15, -0.1) is 12.8 Å². The van der Waals surface area contributed by atoms with Gasteiger partial charge >= 0.3 is 0 Å². The monoisotopic (exact) mass is 397 g/mol. The number of hydrogen-bond acceptors (Lipinski definition) is 2. The summed E-state index contributed by atoms with van der Waals surface area (Å²) in [4.78, 5) is 2.34. The van der Waals surface area contributed by atoms with Crippen molar-refractivity contribution in [3.63, 3.8) is 0 Å². The smallest absolute Gasteiger partial charge is 0.0568 e. The standard InChI is InChI=1S/C14H17N3.C8H18.C2H6.C2H2/c1-16-7-3-4-12-8-11(5-6-14(12)16)13-9-15-17(2)10-13;1-3-5-7-8-6-4-2;2*1-2/h5-6,8-10H,3-4,7H2,1-2H3;3-8H2,1-2H3;1-2H3;1-2H. The Balaban J connectivity index is 0.000000557. The van der Waals surface area contributed by atoms with Crippen molar-refractivity contribution in [2.75, 3.05) is 18.5 Å². The fraction of sp³-hybridized carbons (Fsp3) is 0.577. The van der Waals surface area contributed by atoms with Crippen molar-refractivity contribution >= 4 is 5.69 Å². The molecule has 3 nitrogen and oxygen atoms in total. The summed E-state index contributed by atoms with van der Waals surface area (Å²) >= 11 is 0. The van der Waals surface area contributed by atoms with Gasteiger partial charge < -0.3 is 4.90 Å². The Kier molecular flexibility index (Phi) is 15.4. The van der Waals surface area contributed by atoms with Gasteiger partial charge in [0, 0.05) is 38.1 Å². The Morgan fingerprint density at radius 2 is 1.55 bits per heavy atom. The highest BCUT2D eigenvalue weighted by Gasteiger charge is 2.14. The lowest BCUT2D eigenvalue weighted by molar-refractivity contribution is 0.624. The van der Waals surface area contributed by atoms with E-state index in [1.54, 1.807) is 0 Å². The summed E-state index contributed by atoms with van der Waals surface area (Å²) in [5.74, 6) is 0. The van der Waals surface area contributed by atoms with Gasteiger partial charge in [-0.25, -0.2) is 0 Å². The lowest BCUT2D eigenvalue weighted by Crippen LogP contribution is -2.24. The predicted molar refractivity (Wildman–Crippen MR) is 131 cm³/mol. The summed E-state index contributed by atoms with van der Waals surface area (Å²) in [6.45, 7) is 9.68. The van der Waals surface area contributed by atoms with Crippen LogP contribution in [0.5, 0.6) is 0 Å². The lowest BCUT2D eigenvalue weighted by Gasteiger charge is -2.27. The van der Waals surface area contributed by atoms with Crippen molar-refractivity contribution in [2.24, 2.45) is 7.05 Å². The van der Waals surface area contributed by atoms with Crippen LogP contribution in [0.4, 0.5) is 5.69 Å². The number of anilines is 1. The van der Waals surface area contributed by atoms with E-state index in [-0.39, 0.29) is 0 Å². The Hall–Kier alpha value is -2.21. The van der Waals surface area contributed by atoms with Crippen molar-refractivity contribution < 1.29 is 0 Å². The van der Waals surface area contributed by atoms with Crippen molar-refractivity contribution in [3.8, 4) is 24.0 Å². The first-order chi connectivity index (χ1) is 14.2. The van der Waals surface area contributed by atoms with E-state index in [9.17, 15) is 0 Å². The second-order valence-corrected chi connectivity index (χ2v) is 7.19. The molecular weight excluding hydrogens is 354 g/mol. The summed E-state index contributed by atoms with van der Waals surface area (Å²) in [5, 5.41) is 4.23. The number of aromatic nitrogens is 2. The molecular formula is C26H43N3. The first kappa shape index (κ1) is 26.8. The van der Waals surface area contributed by atoms with Crippen LogP contribution in [0.25, 0.3) is 11.1 Å². The second kappa shape index (κ2) is 16.7. The average molecular weight is 398 g/mol. The van der Waals surface area contributed by atoms with E-state index in [0.717, 1.165) is 0 Å². The molecule has 1 aromatic carbocycles. The highest BCUT2D eigenvalue weighted by Crippen LogP contribution is 2.30. The minimum Gasteiger partial charge on any atom is -0.374 e. The molecule has 2 heterocycles. The molecule has 162 valence electrons. The minimum absolute atomic E-state index is 1.17. The number of unbranched alkanes of at least 4 members (excludes halogenated alkanes) is 5. The minimum atomic E-state index is 1.17. The predicted octanol–water partition coefficient (Wildman–Crippen LogP) is 7.11. The highest BCUT2D eigenvalue weighted by atomic mass is 15.2. The number of benzene rings is 1. The number of fused-ring (bicyclic) bond motifs is 1. The molecule has 0 atom stereocenters. The van der Waals surface area contributed by atoms with Crippen molar-refractivity contribution in [1.82, 2.24) is 9.78 Å². The number of nitrogens with zero attached hydrogens (tertiary/aromatic N) is 3. The van der Waals surface area contributed by atoms with Crippen LogP contribution in [0.3, 0.4) is 0 Å². The van der Waals surface area contributed by atoms with E-state index in [1.165, 1.54) is 80.3 Å². The van der Waals surface area contributed by atoms with Crippen molar-refractivity contribution in [2.45, 2.75) is 79.1 Å². The van der Waals surface area contributed by atoms with Crippen LogP contribution in [0.2, 0.25) is 0 Å². The number of aryl methyl sites for hydroxylation is 2. The molecule has 3 heteroatoms. The van der Waals surface area contributed by atoms with Crippen molar-refractivity contribution in [3.05, 3.63) is 36.2 Å². The quantitative estimate of drug-likeness (QED) is 0.382. The number of terminal acetylenes is 1. The molecule has 0 radical (unpaired) electrons. The topological polar surface area (TPSA) is 21.1 Å². The molecule has 0 amide bonds. The maximum absolute atomic E-state index is 4.23. The van der Waals surface area contributed by atoms with Crippen LogP contribution in [0, 0.1) is 12.8 Å². The first-order valence-corrected chi connectivity index (χ1v) is 11.3. The van der Waals surface area contributed by atoms with Gasteiger partial charge in [-0.3, -0.25) is 4.68 Å². The van der Waals surface area contributed by atoms with Crippen LogP contribution < -0.4 is 4.90 Å². The average Bonchev–Trinajstić information content (AvgIpc) is 3.21. The zero-order valence-electron chi connectivity index (χ0n) is 19.7. The molecule has 0 spiro atoms. The Morgan fingerprint density at radius 3 is 2.07 bits per heavy atom. The SMILES string of the molecule is C#C.CC.CCCCCCCC.CN1CCCc2cc(-c3cnn(C)c3)ccc21. The summed E-state index contributed by atoms with van der Waals surface area (Å²) < 4.78 is 1.85. The fourth-order valence-corrected chi connectivity index (χ4v) is 3.39. The molecule has 0 saturated heterocycles. The molecule has 2 aromatic rings. The van der Waals surface area contributed by atoms with Crippen LogP contribution >= 0.6 is 0 Å². The van der Waals surface area contributed by atoms with Crippen LogP contribution in [-0.4, -0.2) is 23.4 Å². The molecule has 29 heavy (non-hydrogen) atoms. The van der Waals surface area contributed by atoms with Gasteiger partial charge in [-0.05, 0) is 36.1 Å². The van der Waals surface area contributed by atoms with Crippen molar-refractivity contribution in [1.29, 1.82) is 0 Å². The molecule has 0 fully saturated rings. The van der Waals surface area contributed by atoms with E-state index in [4.69, 9.17) is 0 Å². The molecule has 0 bridgehead atoms. The highest BCUT2D eigenvalue weighted by molar-refractivity contribution is 5.68. The van der Waals surface area contributed by atoms with E-state index in [2.05, 4.69) is 68.1 Å². The first-order valence-electron chi connectivity index (χ1n) is 11.3. The molecule has 0 N–H and O–H groups in total. The molecule has 0 aliphatic carbocycles. The normalized spacial score (nSPS) is 11.7. The largest absolute Gasteiger partial charge is 0.374 e. The van der Waals surface area contributed by atoms with Gasteiger partial charge in [0.15, 0.2) is 0 Å². The summed E-state index contributed by atoms with van der Waals surface area (Å²) in [6.07, 6.45) is 22.9. The summed E-state index contributed by atoms with van der Waals surface area (Å²) in [5.41, 5.74) is 5.31. The van der Waals surface area contributed by atoms with Gasteiger partial charge in [0.05, 0.1) is 6.20 Å². The van der Waals surface area contributed by atoms with E-state index in [1.807, 2.05) is 31.8 Å². The maximum Gasteiger partial charge on any atom is 0.0568 e. The van der Waals surface area contributed by atoms with Gasteiger partial charge in [0.25, 0.3) is 0 Å². The van der Waals surface area contributed by atoms with Gasteiger partial charge in [0.1, 0.15) is 0 Å². The molecule has 1 aliphatic heterocycles. The third kappa shape index (κ3) is 9.70. The van der Waals surface area contributed by atoms with E-state index in [0.29, 0.717) is 0 Å². The fourth-order valence-electron chi connectivity index (χ4n) is 3.39. The zero-order valence-corrected chi connectivity index (χ0v) is 19.7. The van der Waals surface area contributed by atoms with Crippen LogP contribution in [-0.2, 0) is 13.5 Å². The maximum atomic E-state index is 4.23. The molecule has 1 aromatic heterocycles. The van der Waals surface area contributed by atoms with Gasteiger partial charge in [-0.1, -0.05) is 72.3 Å². The Labute approximate surface area is 180 Å². The van der Waals surface area contributed by atoms with Crippen LogP contribution in [0.1, 0.15) is 78.2 Å². The van der Waals surface area contributed by atoms with Crippen LogP contribution in [0.15, 0.2) is 30.6 Å². The van der Waals surface area contributed by atoms with Gasteiger partial charge in [-0.2, -0.15) is 5.10 Å². The second-order valence-electron chi connectivity index (χ2n) is 7.19. The molecule has 0 unspecified atom stereocenters. The third-order valence-electron chi connectivity index (χ3n) is 4.93. The van der Waals surface area contributed by atoms with E-state index >= 15 is 0 Å². The third-order valence-corrected chi connectivity index (χ3v) is 4.93. The Bertz CT molecular complexity index is 664. The summed E-state index contributed by atoms with van der Waals surface area (Å²) in [7, 11) is 4.12. The number of hydrogen-bond donors (Lipinski definition) is 0. The molecule has 3 rings (SSSR count). The molecule has 1 aliphatic rings. The van der Waals surface area contributed by atoms with Gasteiger partial charge in [0.2, 0.25) is 0 Å². The Morgan fingerprint density at radius 1 is 0.931 bits per heavy atom. The number of rotatable bonds is 6.